The summed E-state index contributed by atoms with van der Waals surface area (Å²) in [5.41, 5.74) is 5.70. The van der Waals surface area contributed by atoms with Crippen LogP contribution >= 0.6 is 11.8 Å². The van der Waals surface area contributed by atoms with E-state index < -0.39 is 11.6 Å². The van der Waals surface area contributed by atoms with Crippen LogP contribution in [-0.2, 0) is 4.79 Å². The number of aliphatic hydroxyl groups is 1. The molecule has 100 valence electrons. The van der Waals surface area contributed by atoms with Gasteiger partial charge in [0.25, 0.3) is 0 Å². The molecule has 5 heteroatoms. The Morgan fingerprint density at radius 3 is 2.67 bits per heavy atom. The fourth-order valence-electron chi connectivity index (χ4n) is 1.56. The van der Waals surface area contributed by atoms with Crippen molar-refractivity contribution in [3.8, 4) is 0 Å². The number of carbonyl (C=O) groups excluding carboxylic acids is 1. The lowest BCUT2D eigenvalue weighted by Crippen LogP contribution is -2.45. The third kappa shape index (κ3) is 4.68. The van der Waals surface area contributed by atoms with Gasteiger partial charge in [-0.15, -0.1) is 0 Å². The minimum absolute atomic E-state index is 0.202. The number of thioether (sulfide) groups is 1. The molecular weight excluding hydrogens is 248 g/mol. The van der Waals surface area contributed by atoms with Crippen LogP contribution in [0.2, 0.25) is 0 Å². The molecule has 1 aromatic carbocycles. The first-order valence-corrected chi connectivity index (χ1v) is 7.15. The Bertz CT molecular complexity index is 382. The normalized spacial score (nSPS) is 15.8. The lowest BCUT2D eigenvalue weighted by Gasteiger charge is -2.23. The van der Waals surface area contributed by atoms with E-state index in [0.29, 0.717) is 5.75 Å². The van der Waals surface area contributed by atoms with Crippen molar-refractivity contribution in [1.82, 2.24) is 5.32 Å². The second-order valence-corrected chi connectivity index (χ2v) is 5.40. The summed E-state index contributed by atoms with van der Waals surface area (Å²) in [6, 6.07) is 8.47. The zero-order chi connectivity index (χ0) is 13.6. The molecule has 0 bridgehead atoms. The first-order valence-electron chi connectivity index (χ1n) is 5.76. The van der Waals surface area contributed by atoms with E-state index in [-0.39, 0.29) is 12.5 Å². The number of nitrogens with one attached hydrogen (secondary N) is 1. The highest BCUT2D eigenvalue weighted by atomic mass is 32.2. The van der Waals surface area contributed by atoms with Gasteiger partial charge in [0.05, 0.1) is 5.60 Å². The monoisotopic (exact) mass is 268 g/mol. The van der Waals surface area contributed by atoms with Gasteiger partial charge in [0.2, 0.25) is 5.91 Å². The molecule has 4 nitrogen and oxygen atoms in total. The standard InChI is InChI=1S/C13H20N2O2S/c1-13(17,9-18-2)8-15-12(16)11(14)10-6-4-3-5-7-10/h3-7,11,17H,8-9,14H2,1-2H3,(H,15,16). The Kier molecular flexibility index (Phi) is 5.65. The fourth-order valence-corrected chi connectivity index (χ4v) is 2.29. The Hall–Kier alpha value is -1.04. The molecule has 0 saturated heterocycles. The summed E-state index contributed by atoms with van der Waals surface area (Å²) < 4.78 is 0. The van der Waals surface area contributed by atoms with Gasteiger partial charge in [-0.05, 0) is 18.7 Å². The van der Waals surface area contributed by atoms with Gasteiger partial charge in [-0.1, -0.05) is 30.3 Å². The molecule has 2 unspecified atom stereocenters. The van der Waals surface area contributed by atoms with E-state index in [0.717, 1.165) is 5.56 Å². The van der Waals surface area contributed by atoms with E-state index >= 15 is 0 Å². The summed E-state index contributed by atoms with van der Waals surface area (Å²) in [6.07, 6.45) is 1.91. The number of hydrogen-bond donors (Lipinski definition) is 3. The van der Waals surface area contributed by atoms with Crippen molar-refractivity contribution < 1.29 is 9.90 Å². The summed E-state index contributed by atoms with van der Waals surface area (Å²) in [4.78, 5) is 11.8. The molecule has 0 aliphatic carbocycles. The van der Waals surface area contributed by atoms with Crippen molar-refractivity contribution in [2.45, 2.75) is 18.6 Å². The highest BCUT2D eigenvalue weighted by Crippen LogP contribution is 2.12. The number of rotatable bonds is 6. The van der Waals surface area contributed by atoms with E-state index in [1.807, 2.05) is 36.6 Å². The van der Waals surface area contributed by atoms with E-state index in [9.17, 15) is 9.90 Å². The Labute approximate surface area is 112 Å². The fraction of sp³-hybridized carbons (Fsp3) is 0.462. The number of carbonyl (C=O) groups is 1. The van der Waals surface area contributed by atoms with Gasteiger partial charge in [-0.2, -0.15) is 11.8 Å². The van der Waals surface area contributed by atoms with Crippen molar-refractivity contribution >= 4 is 17.7 Å². The number of nitrogens with two attached hydrogens (primary N) is 1. The average molecular weight is 268 g/mol. The van der Waals surface area contributed by atoms with E-state index in [2.05, 4.69) is 5.32 Å². The average Bonchev–Trinajstić information content (AvgIpc) is 2.36. The van der Waals surface area contributed by atoms with Crippen molar-refractivity contribution in [1.29, 1.82) is 0 Å². The molecule has 4 N–H and O–H groups in total. The summed E-state index contributed by atoms with van der Waals surface area (Å²) in [5, 5.41) is 12.6. The Morgan fingerprint density at radius 1 is 1.50 bits per heavy atom. The minimum Gasteiger partial charge on any atom is -0.387 e. The molecule has 0 saturated carbocycles. The first kappa shape index (κ1) is 15.0. The Balaban J connectivity index is 2.51. The molecule has 0 spiro atoms. The topological polar surface area (TPSA) is 75.3 Å². The molecular formula is C13H20N2O2S. The van der Waals surface area contributed by atoms with Crippen LogP contribution in [0.4, 0.5) is 0 Å². The predicted octanol–water partition coefficient (Wildman–Crippen LogP) is 0.917. The van der Waals surface area contributed by atoms with E-state index in [1.54, 1.807) is 6.92 Å². The Morgan fingerprint density at radius 2 is 2.11 bits per heavy atom. The molecule has 0 aromatic heterocycles. The minimum atomic E-state index is -0.911. The van der Waals surface area contributed by atoms with Gasteiger partial charge in [-0.25, -0.2) is 0 Å². The summed E-state index contributed by atoms with van der Waals surface area (Å²) in [5.74, 6) is 0.288. The van der Waals surface area contributed by atoms with E-state index in [1.165, 1.54) is 11.8 Å². The van der Waals surface area contributed by atoms with Gasteiger partial charge in [0.1, 0.15) is 6.04 Å². The highest BCUT2D eigenvalue weighted by molar-refractivity contribution is 7.98. The number of benzene rings is 1. The molecule has 1 aromatic rings. The molecule has 18 heavy (non-hydrogen) atoms. The number of amides is 1. The van der Waals surface area contributed by atoms with Crippen LogP contribution in [0.25, 0.3) is 0 Å². The van der Waals surface area contributed by atoms with Gasteiger partial charge >= 0.3 is 0 Å². The SMILES string of the molecule is CSCC(C)(O)CNC(=O)C(N)c1ccccc1. The molecule has 1 rings (SSSR count). The summed E-state index contributed by atoms with van der Waals surface area (Å²) in [7, 11) is 0. The van der Waals surface area contributed by atoms with Gasteiger partial charge < -0.3 is 16.2 Å². The number of hydrogen-bond acceptors (Lipinski definition) is 4. The van der Waals surface area contributed by atoms with Crippen molar-refractivity contribution in [2.24, 2.45) is 5.73 Å². The quantitative estimate of drug-likeness (QED) is 0.717. The zero-order valence-electron chi connectivity index (χ0n) is 10.7. The van der Waals surface area contributed by atoms with Gasteiger partial charge in [0, 0.05) is 12.3 Å². The third-order valence-corrected chi connectivity index (χ3v) is 3.45. The predicted molar refractivity (Wildman–Crippen MR) is 75.4 cm³/mol. The molecule has 2 atom stereocenters. The van der Waals surface area contributed by atoms with Crippen LogP contribution in [0.15, 0.2) is 30.3 Å². The van der Waals surface area contributed by atoms with Crippen LogP contribution in [0, 0.1) is 0 Å². The summed E-state index contributed by atoms with van der Waals surface area (Å²) in [6.45, 7) is 1.89. The van der Waals surface area contributed by atoms with Crippen LogP contribution in [0.3, 0.4) is 0 Å². The van der Waals surface area contributed by atoms with Crippen LogP contribution in [0.1, 0.15) is 18.5 Å². The second kappa shape index (κ2) is 6.78. The van der Waals surface area contributed by atoms with Gasteiger partial charge in [-0.3, -0.25) is 4.79 Å². The maximum Gasteiger partial charge on any atom is 0.241 e. The molecule has 0 heterocycles. The third-order valence-electron chi connectivity index (χ3n) is 2.54. The lowest BCUT2D eigenvalue weighted by atomic mass is 10.1. The molecule has 0 aliphatic heterocycles. The highest BCUT2D eigenvalue weighted by Gasteiger charge is 2.22. The smallest absolute Gasteiger partial charge is 0.241 e. The second-order valence-electron chi connectivity index (χ2n) is 4.54. The van der Waals surface area contributed by atoms with E-state index in [4.69, 9.17) is 5.73 Å². The van der Waals surface area contributed by atoms with Crippen LogP contribution in [0.5, 0.6) is 0 Å². The first-order chi connectivity index (χ1) is 8.46. The van der Waals surface area contributed by atoms with Crippen LogP contribution in [-0.4, -0.2) is 35.2 Å². The largest absolute Gasteiger partial charge is 0.387 e. The maximum atomic E-state index is 11.8. The molecule has 0 aliphatic rings. The molecule has 0 radical (unpaired) electrons. The molecule has 0 fully saturated rings. The maximum absolute atomic E-state index is 11.8. The zero-order valence-corrected chi connectivity index (χ0v) is 11.5. The lowest BCUT2D eigenvalue weighted by molar-refractivity contribution is -0.123. The van der Waals surface area contributed by atoms with Crippen molar-refractivity contribution in [3.63, 3.8) is 0 Å². The van der Waals surface area contributed by atoms with Crippen LogP contribution < -0.4 is 11.1 Å². The van der Waals surface area contributed by atoms with Gasteiger partial charge in [0.15, 0.2) is 0 Å². The van der Waals surface area contributed by atoms with Crippen molar-refractivity contribution in [2.75, 3.05) is 18.6 Å². The van der Waals surface area contributed by atoms with Crippen molar-refractivity contribution in [3.05, 3.63) is 35.9 Å². The molecule has 1 amide bonds. The summed E-state index contributed by atoms with van der Waals surface area (Å²) >= 11 is 1.53.